The van der Waals surface area contributed by atoms with E-state index in [0.29, 0.717) is 18.0 Å². The standard InChI is InChI=1S/C16H21NO2S2/c1-4-8-17(11-15-7-9-20-12-15)21(18,19)16-10-13(2)5-6-14(16)3/h5-7,9-10,12H,4,8,11H2,1-3H3. The first-order valence-electron chi connectivity index (χ1n) is 7.03. The molecule has 114 valence electrons. The molecular formula is C16H21NO2S2. The van der Waals surface area contributed by atoms with E-state index in [4.69, 9.17) is 0 Å². The third kappa shape index (κ3) is 3.73. The molecule has 2 aromatic rings. The Bertz CT molecular complexity index is 691. The Labute approximate surface area is 131 Å². The van der Waals surface area contributed by atoms with E-state index in [1.807, 2.05) is 49.7 Å². The van der Waals surface area contributed by atoms with E-state index in [-0.39, 0.29) is 0 Å². The maximum Gasteiger partial charge on any atom is 0.243 e. The second kappa shape index (κ2) is 6.73. The Balaban J connectivity index is 2.39. The van der Waals surface area contributed by atoms with E-state index in [1.54, 1.807) is 21.7 Å². The maximum atomic E-state index is 13.0. The largest absolute Gasteiger partial charge is 0.243 e. The van der Waals surface area contributed by atoms with Gasteiger partial charge in [0.25, 0.3) is 0 Å². The number of aryl methyl sites for hydroxylation is 2. The monoisotopic (exact) mass is 323 g/mol. The number of sulfonamides is 1. The highest BCUT2D eigenvalue weighted by atomic mass is 32.2. The van der Waals surface area contributed by atoms with Crippen LogP contribution in [0.3, 0.4) is 0 Å². The average molecular weight is 323 g/mol. The first-order chi connectivity index (χ1) is 9.95. The number of benzene rings is 1. The van der Waals surface area contributed by atoms with Crippen LogP contribution in [0.4, 0.5) is 0 Å². The van der Waals surface area contributed by atoms with Gasteiger partial charge in [0.1, 0.15) is 0 Å². The summed E-state index contributed by atoms with van der Waals surface area (Å²) in [4.78, 5) is 0.422. The van der Waals surface area contributed by atoms with Crippen LogP contribution in [0.1, 0.15) is 30.0 Å². The topological polar surface area (TPSA) is 37.4 Å². The lowest BCUT2D eigenvalue weighted by Gasteiger charge is -2.22. The van der Waals surface area contributed by atoms with Crippen LogP contribution in [0.15, 0.2) is 39.9 Å². The second-order valence-electron chi connectivity index (χ2n) is 5.24. The summed E-state index contributed by atoms with van der Waals surface area (Å²) >= 11 is 1.59. The molecule has 0 amide bonds. The lowest BCUT2D eigenvalue weighted by molar-refractivity contribution is 0.406. The molecule has 0 aliphatic rings. The van der Waals surface area contributed by atoms with E-state index in [1.165, 1.54) is 0 Å². The Morgan fingerprint density at radius 3 is 2.57 bits per heavy atom. The van der Waals surface area contributed by atoms with E-state index in [9.17, 15) is 8.42 Å². The second-order valence-corrected chi connectivity index (χ2v) is 7.93. The molecule has 0 aliphatic carbocycles. The Kier molecular flexibility index (Phi) is 5.19. The summed E-state index contributed by atoms with van der Waals surface area (Å²) in [5.74, 6) is 0. The van der Waals surface area contributed by atoms with E-state index < -0.39 is 10.0 Å². The van der Waals surface area contributed by atoms with Gasteiger partial charge in [-0.1, -0.05) is 19.1 Å². The molecule has 1 aromatic heterocycles. The predicted octanol–water partition coefficient (Wildman–Crippen LogP) is 3.97. The number of nitrogens with zero attached hydrogens (tertiary/aromatic N) is 1. The van der Waals surface area contributed by atoms with Gasteiger partial charge in [-0.3, -0.25) is 0 Å². The molecule has 0 saturated heterocycles. The molecule has 3 nitrogen and oxygen atoms in total. The van der Waals surface area contributed by atoms with Crippen molar-refractivity contribution in [3.8, 4) is 0 Å². The molecule has 1 heterocycles. The van der Waals surface area contributed by atoms with Crippen molar-refractivity contribution in [2.24, 2.45) is 0 Å². The summed E-state index contributed by atoms with van der Waals surface area (Å²) in [6.07, 6.45) is 0.800. The van der Waals surface area contributed by atoms with Crippen molar-refractivity contribution in [1.82, 2.24) is 4.31 Å². The highest BCUT2D eigenvalue weighted by Gasteiger charge is 2.25. The average Bonchev–Trinajstić information content (AvgIpc) is 2.94. The van der Waals surface area contributed by atoms with Gasteiger partial charge in [0.05, 0.1) is 4.90 Å². The smallest absolute Gasteiger partial charge is 0.207 e. The van der Waals surface area contributed by atoms with Crippen LogP contribution in [-0.2, 0) is 16.6 Å². The number of hydrogen-bond donors (Lipinski definition) is 0. The zero-order valence-corrected chi connectivity index (χ0v) is 14.3. The first kappa shape index (κ1) is 16.2. The molecule has 2 rings (SSSR count). The van der Waals surface area contributed by atoms with Gasteiger partial charge in [-0.15, -0.1) is 0 Å². The number of rotatable bonds is 6. The SMILES string of the molecule is CCCN(Cc1ccsc1)S(=O)(=O)c1cc(C)ccc1C. The van der Waals surface area contributed by atoms with Crippen LogP contribution in [0.25, 0.3) is 0 Å². The number of thiophene rings is 1. The Morgan fingerprint density at radius 1 is 1.19 bits per heavy atom. The normalized spacial score (nSPS) is 12.0. The first-order valence-corrected chi connectivity index (χ1v) is 9.42. The molecule has 0 unspecified atom stereocenters. The van der Waals surface area contributed by atoms with Crippen molar-refractivity contribution >= 4 is 21.4 Å². The van der Waals surface area contributed by atoms with Gasteiger partial charge in [0.15, 0.2) is 0 Å². The van der Waals surface area contributed by atoms with Crippen molar-refractivity contribution in [3.05, 3.63) is 51.7 Å². The van der Waals surface area contributed by atoms with Gasteiger partial charge in [0, 0.05) is 13.1 Å². The highest BCUT2D eigenvalue weighted by Crippen LogP contribution is 2.23. The third-order valence-corrected chi connectivity index (χ3v) is 6.09. The molecule has 0 aliphatic heterocycles. The molecule has 0 spiro atoms. The molecule has 1 aromatic carbocycles. The van der Waals surface area contributed by atoms with Crippen molar-refractivity contribution in [1.29, 1.82) is 0 Å². The highest BCUT2D eigenvalue weighted by molar-refractivity contribution is 7.89. The summed E-state index contributed by atoms with van der Waals surface area (Å²) in [6, 6.07) is 7.56. The van der Waals surface area contributed by atoms with Crippen LogP contribution in [-0.4, -0.2) is 19.3 Å². The van der Waals surface area contributed by atoms with Crippen LogP contribution < -0.4 is 0 Å². The fourth-order valence-electron chi connectivity index (χ4n) is 2.24. The summed E-state index contributed by atoms with van der Waals surface area (Å²) in [5, 5.41) is 3.98. The van der Waals surface area contributed by atoms with Crippen LogP contribution in [0, 0.1) is 13.8 Å². The van der Waals surface area contributed by atoms with Gasteiger partial charge >= 0.3 is 0 Å². The summed E-state index contributed by atoms with van der Waals surface area (Å²) in [5.41, 5.74) is 2.81. The minimum absolute atomic E-state index is 0.422. The molecule has 0 fully saturated rings. The molecule has 0 N–H and O–H groups in total. The van der Waals surface area contributed by atoms with E-state index in [0.717, 1.165) is 23.1 Å². The maximum absolute atomic E-state index is 13.0. The molecule has 0 atom stereocenters. The van der Waals surface area contributed by atoms with E-state index in [2.05, 4.69) is 0 Å². The molecule has 5 heteroatoms. The predicted molar refractivity (Wildman–Crippen MR) is 88.1 cm³/mol. The van der Waals surface area contributed by atoms with Crippen molar-refractivity contribution in [3.63, 3.8) is 0 Å². The third-order valence-electron chi connectivity index (χ3n) is 3.37. The number of hydrogen-bond acceptors (Lipinski definition) is 3. The summed E-state index contributed by atoms with van der Waals surface area (Å²) in [6.45, 7) is 6.74. The minimum Gasteiger partial charge on any atom is -0.207 e. The summed E-state index contributed by atoms with van der Waals surface area (Å²) < 4.78 is 27.5. The molecule has 21 heavy (non-hydrogen) atoms. The quantitative estimate of drug-likeness (QED) is 0.807. The van der Waals surface area contributed by atoms with Gasteiger partial charge in [-0.05, 0) is 59.9 Å². The lowest BCUT2D eigenvalue weighted by atomic mass is 10.2. The molecule has 0 saturated carbocycles. The van der Waals surface area contributed by atoms with Gasteiger partial charge < -0.3 is 0 Å². The lowest BCUT2D eigenvalue weighted by Crippen LogP contribution is -2.31. The van der Waals surface area contributed by atoms with Crippen molar-refractivity contribution < 1.29 is 8.42 Å². The fourth-order valence-corrected chi connectivity index (χ4v) is 4.73. The molecular weight excluding hydrogens is 302 g/mol. The van der Waals surface area contributed by atoms with Crippen LogP contribution >= 0.6 is 11.3 Å². The van der Waals surface area contributed by atoms with Crippen LogP contribution in [0.5, 0.6) is 0 Å². The van der Waals surface area contributed by atoms with Crippen molar-refractivity contribution in [2.45, 2.75) is 38.6 Å². The Morgan fingerprint density at radius 2 is 1.95 bits per heavy atom. The zero-order chi connectivity index (χ0) is 15.5. The van der Waals surface area contributed by atoms with Gasteiger partial charge in [-0.2, -0.15) is 15.6 Å². The Hall–Kier alpha value is -1.17. The van der Waals surface area contributed by atoms with E-state index >= 15 is 0 Å². The fraction of sp³-hybridized carbons (Fsp3) is 0.375. The van der Waals surface area contributed by atoms with Gasteiger partial charge in [0.2, 0.25) is 10.0 Å². The molecule has 0 radical (unpaired) electrons. The van der Waals surface area contributed by atoms with Gasteiger partial charge in [-0.25, -0.2) is 8.42 Å². The van der Waals surface area contributed by atoms with Crippen molar-refractivity contribution in [2.75, 3.05) is 6.54 Å². The zero-order valence-electron chi connectivity index (χ0n) is 12.7. The van der Waals surface area contributed by atoms with Crippen LogP contribution in [0.2, 0.25) is 0 Å². The molecule has 0 bridgehead atoms. The summed E-state index contributed by atoms with van der Waals surface area (Å²) in [7, 11) is -3.45. The minimum atomic E-state index is -3.45.